The van der Waals surface area contributed by atoms with Gasteiger partial charge in [0.1, 0.15) is 18.4 Å². The lowest BCUT2D eigenvalue weighted by atomic mass is 10.1. The predicted molar refractivity (Wildman–Crippen MR) is 154 cm³/mol. The molecule has 39 heavy (non-hydrogen) atoms. The van der Waals surface area contributed by atoms with Crippen LogP contribution < -0.4 is 9.62 Å². The fourth-order valence-corrected chi connectivity index (χ4v) is 5.66. The number of benzene rings is 3. The molecule has 3 aromatic carbocycles. The van der Waals surface area contributed by atoms with Gasteiger partial charge < -0.3 is 10.2 Å². The van der Waals surface area contributed by atoms with Gasteiger partial charge in [-0.25, -0.2) is 12.8 Å². The molecule has 0 fully saturated rings. The van der Waals surface area contributed by atoms with Gasteiger partial charge in [0.2, 0.25) is 11.8 Å². The van der Waals surface area contributed by atoms with Gasteiger partial charge in [-0.2, -0.15) is 0 Å². The molecule has 0 saturated heterocycles. The van der Waals surface area contributed by atoms with Gasteiger partial charge in [0.05, 0.1) is 10.6 Å². The Kier molecular flexibility index (Phi) is 9.55. The topological polar surface area (TPSA) is 86.8 Å². The summed E-state index contributed by atoms with van der Waals surface area (Å²) < 4.78 is 43.9. The molecular weight excluding hydrogens is 585 g/mol. The van der Waals surface area contributed by atoms with E-state index in [1.807, 2.05) is 27.7 Å². The molecule has 0 spiro atoms. The Morgan fingerprint density at radius 1 is 1.00 bits per heavy atom. The van der Waals surface area contributed by atoms with Crippen LogP contribution in [0.15, 0.2) is 82.2 Å². The number of rotatable bonds is 9. The number of sulfonamides is 1. The molecule has 0 unspecified atom stereocenters. The molecule has 0 aliphatic carbocycles. The Morgan fingerprint density at radius 3 is 2.23 bits per heavy atom. The van der Waals surface area contributed by atoms with Crippen LogP contribution in [-0.2, 0) is 26.2 Å². The lowest BCUT2D eigenvalue weighted by molar-refractivity contribution is -0.140. The molecule has 0 radical (unpaired) electrons. The van der Waals surface area contributed by atoms with Gasteiger partial charge in [0.25, 0.3) is 10.0 Å². The molecule has 1 N–H and O–H groups in total. The van der Waals surface area contributed by atoms with E-state index in [0.717, 1.165) is 9.87 Å². The predicted octanol–water partition coefficient (Wildman–Crippen LogP) is 5.42. The second kappa shape index (κ2) is 12.3. The number of amides is 2. The molecule has 0 saturated carbocycles. The summed E-state index contributed by atoms with van der Waals surface area (Å²) in [4.78, 5) is 28.2. The van der Waals surface area contributed by atoms with Crippen molar-refractivity contribution >= 4 is 43.5 Å². The van der Waals surface area contributed by atoms with E-state index in [-0.39, 0.29) is 22.7 Å². The van der Waals surface area contributed by atoms with Crippen molar-refractivity contribution in [2.24, 2.45) is 0 Å². The van der Waals surface area contributed by atoms with Crippen molar-refractivity contribution in [2.75, 3.05) is 10.8 Å². The quantitative estimate of drug-likeness (QED) is 0.347. The monoisotopic (exact) mass is 617 g/mol. The molecule has 1 atom stereocenters. The number of hydrogen-bond donors (Lipinski definition) is 1. The molecular formula is C29H33BrFN3O4S. The minimum absolute atomic E-state index is 0.0139. The van der Waals surface area contributed by atoms with Crippen LogP contribution >= 0.6 is 15.9 Å². The van der Waals surface area contributed by atoms with Gasteiger partial charge in [-0.05, 0) is 71.0 Å². The van der Waals surface area contributed by atoms with E-state index < -0.39 is 45.8 Å². The lowest BCUT2D eigenvalue weighted by Crippen LogP contribution is -2.54. The SMILES string of the molecule is Cc1ccc(S(=O)(=O)N(CC(=O)N(Cc2ccccc2F)[C@H](C)C(=O)NC(C)(C)C)c2cccc(Br)c2)cc1. The highest BCUT2D eigenvalue weighted by molar-refractivity contribution is 9.10. The Morgan fingerprint density at radius 2 is 1.64 bits per heavy atom. The van der Waals surface area contributed by atoms with Gasteiger partial charge in [-0.1, -0.05) is 57.9 Å². The number of hydrogen-bond acceptors (Lipinski definition) is 4. The summed E-state index contributed by atoms with van der Waals surface area (Å²) in [7, 11) is -4.18. The van der Waals surface area contributed by atoms with E-state index in [9.17, 15) is 22.4 Å². The molecule has 208 valence electrons. The van der Waals surface area contributed by atoms with Crippen LogP contribution in [-0.4, -0.2) is 43.3 Å². The number of carbonyl (C=O) groups excluding carboxylic acids is 2. The van der Waals surface area contributed by atoms with Crippen molar-refractivity contribution < 1.29 is 22.4 Å². The third-order valence-corrected chi connectivity index (χ3v) is 8.23. The summed E-state index contributed by atoms with van der Waals surface area (Å²) in [5, 5.41) is 2.84. The zero-order valence-corrected chi connectivity index (χ0v) is 25.0. The number of anilines is 1. The summed E-state index contributed by atoms with van der Waals surface area (Å²) in [6.07, 6.45) is 0. The zero-order valence-electron chi connectivity index (χ0n) is 22.6. The third-order valence-electron chi connectivity index (χ3n) is 5.95. The molecule has 3 aromatic rings. The molecule has 0 aliphatic heterocycles. The highest BCUT2D eigenvalue weighted by Gasteiger charge is 2.33. The van der Waals surface area contributed by atoms with Gasteiger partial charge in [-0.3, -0.25) is 13.9 Å². The fourth-order valence-electron chi connectivity index (χ4n) is 3.86. The maximum absolute atomic E-state index is 14.6. The first-order chi connectivity index (χ1) is 18.2. The second-order valence-corrected chi connectivity index (χ2v) is 13.1. The smallest absolute Gasteiger partial charge is 0.264 e. The summed E-state index contributed by atoms with van der Waals surface area (Å²) in [5.41, 5.74) is 0.774. The first kappa shape index (κ1) is 30.3. The highest BCUT2D eigenvalue weighted by Crippen LogP contribution is 2.27. The molecule has 3 rings (SSSR count). The average molecular weight is 619 g/mol. The fraction of sp³-hybridized carbons (Fsp3) is 0.310. The summed E-state index contributed by atoms with van der Waals surface area (Å²) in [6, 6.07) is 17.9. The number of carbonyl (C=O) groups is 2. The van der Waals surface area contributed by atoms with Crippen molar-refractivity contribution in [3.8, 4) is 0 Å². The van der Waals surface area contributed by atoms with Gasteiger partial charge >= 0.3 is 0 Å². The summed E-state index contributed by atoms with van der Waals surface area (Å²) >= 11 is 3.37. The number of nitrogens with zero attached hydrogens (tertiary/aromatic N) is 2. The van der Waals surface area contributed by atoms with Crippen LogP contribution in [0, 0.1) is 12.7 Å². The van der Waals surface area contributed by atoms with Gasteiger partial charge in [0.15, 0.2) is 0 Å². The second-order valence-electron chi connectivity index (χ2n) is 10.3. The third kappa shape index (κ3) is 7.89. The number of halogens is 2. The Labute approximate surface area is 238 Å². The van der Waals surface area contributed by atoms with Gasteiger partial charge in [0, 0.05) is 22.1 Å². The van der Waals surface area contributed by atoms with Crippen LogP contribution in [0.2, 0.25) is 0 Å². The van der Waals surface area contributed by atoms with Crippen LogP contribution in [0.1, 0.15) is 38.8 Å². The van der Waals surface area contributed by atoms with Crippen LogP contribution in [0.4, 0.5) is 10.1 Å². The minimum atomic E-state index is -4.18. The van der Waals surface area contributed by atoms with Crippen molar-refractivity contribution in [1.82, 2.24) is 10.2 Å². The van der Waals surface area contributed by atoms with E-state index >= 15 is 0 Å². The van der Waals surface area contributed by atoms with E-state index in [2.05, 4.69) is 21.2 Å². The summed E-state index contributed by atoms with van der Waals surface area (Å²) in [5.74, 6) is -1.64. The number of nitrogens with one attached hydrogen (secondary N) is 1. The molecule has 0 aliphatic rings. The first-order valence-corrected chi connectivity index (χ1v) is 14.6. The van der Waals surface area contributed by atoms with E-state index in [0.29, 0.717) is 4.47 Å². The standard InChI is InChI=1S/C29H33BrFN3O4S/c1-20-13-15-25(16-14-20)39(37,38)34(24-11-8-10-23(30)17-24)19-27(35)33(18-22-9-6-7-12-26(22)31)21(2)28(36)32-29(3,4)5/h6-17,21H,18-19H2,1-5H3,(H,32,36)/t21-/m1/s1. The van der Waals surface area contributed by atoms with Crippen LogP contribution in [0.25, 0.3) is 0 Å². The zero-order chi connectivity index (χ0) is 29.0. The average Bonchev–Trinajstić information content (AvgIpc) is 2.85. The van der Waals surface area contributed by atoms with Crippen molar-refractivity contribution in [3.63, 3.8) is 0 Å². The van der Waals surface area contributed by atoms with Crippen LogP contribution in [0.3, 0.4) is 0 Å². The Bertz CT molecular complexity index is 1440. The largest absolute Gasteiger partial charge is 0.350 e. The van der Waals surface area contributed by atoms with Crippen molar-refractivity contribution in [2.45, 2.75) is 57.6 Å². The van der Waals surface area contributed by atoms with Crippen molar-refractivity contribution in [1.29, 1.82) is 0 Å². The van der Waals surface area contributed by atoms with Crippen molar-refractivity contribution in [3.05, 3.63) is 94.2 Å². The lowest BCUT2D eigenvalue weighted by Gasteiger charge is -2.33. The minimum Gasteiger partial charge on any atom is -0.350 e. The van der Waals surface area contributed by atoms with Crippen LogP contribution in [0.5, 0.6) is 0 Å². The normalized spacial score (nSPS) is 12.5. The summed E-state index contributed by atoms with van der Waals surface area (Å²) in [6.45, 7) is 7.99. The molecule has 0 bridgehead atoms. The van der Waals surface area contributed by atoms with E-state index in [1.54, 1.807) is 42.5 Å². The molecule has 10 heteroatoms. The number of aryl methyl sites for hydroxylation is 1. The molecule has 7 nitrogen and oxygen atoms in total. The first-order valence-electron chi connectivity index (χ1n) is 12.4. The Balaban J connectivity index is 2.05. The Hall–Kier alpha value is -3.24. The molecule has 2 amide bonds. The van der Waals surface area contributed by atoms with E-state index in [4.69, 9.17) is 0 Å². The van der Waals surface area contributed by atoms with E-state index in [1.165, 1.54) is 42.2 Å². The molecule has 0 heterocycles. The molecule has 0 aromatic heterocycles. The van der Waals surface area contributed by atoms with Gasteiger partial charge in [-0.15, -0.1) is 0 Å². The highest BCUT2D eigenvalue weighted by atomic mass is 79.9. The maximum atomic E-state index is 14.6. The maximum Gasteiger partial charge on any atom is 0.264 e.